The van der Waals surface area contributed by atoms with Gasteiger partial charge < -0.3 is 19.7 Å². The Morgan fingerprint density at radius 3 is 1.42 bits per heavy atom. The van der Waals surface area contributed by atoms with Gasteiger partial charge in [-0.3, -0.25) is 9.98 Å². The van der Waals surface area contributed by atoms with Crippen LogP contribution < -0.4 is 19.7 Å². The standard InChI is InChI=1S/C26H30N2O4.Ni/c1-31-21-11-7-19(8-12-21)25(29)15-17-27-23-5-3-4-6-24(23)28-18-16-26(30)20-9-13-22(32-2)14-10-20;/h7-18,23-24,29-30H,3-6H2,1-2H3;/q;+2/p-2/b25-15-,26-16-,27-17?,28-18?;/t23-,24-;/m1./s1. The van der Waals surface area contributed by atoms with Crippen LogP contribution in [0.3, 0.4) is 0 Å². The SMILES string of the molecule is COc1ccc(/C([O-])=C/C=N[C@@H]2CCCC[C@H]2N=C/C=C(\[O-])c2ccc(OC)cc2)cc1.[Ni+2]. The van der Waals surface area contributed by atoms with Gasteiger partial charge in [-0.2, -0.15) is 0 Å². The largest absolute Gasteiger partial charge is 2.00 e. The van der Waals surface area contributed by atoms with Crippen molar-refractivity contribution in [2.75, 3.05) is 14.2 Å². The molecule has 2 atom stereocenters. The number of rotatable bonds is 8. The van der Waals surface area contributed by atoms with E-state index >= 15 is 0 Å². The van der Waals surface area contributed by atoms with Gasteiger partial charge in [-0.05, 0) is 48.2 Å². The van der Waals surface area contributed by atoms with Gasteiger partial charge >= 0.3 is 16.5 Å². The van der Waals surface area contributed by atoms with Crippen molar-refractivity contribution in [3.8, 4) is 11.5 Å². The fourth-order valence-electron chi connectivity index (χ4n) is 3.59. The van der Waals surface area contributed by atoms with Crippen LogP contribution in [0.1, 0.15) is 36.8 Å². The van der Waals surface area contributed by atoms with Crippen LogP contribution in [0.2, 0.25) is 0 Å². The van der Waals surface area contributed by atoms with Crippen LogP contribution in [0.4, 0.5) is 0 Å². The maximum absolute atomic E-state index is 12.3. The minimum Gasteiger partial charge on any atom is -0.872 e. The number of allylic oxidation sites excluding steroid dienone is 2. The third-order valence-corrected chi connectivity index (χ3v) is 5.45. The summed E-state index contributed by atoms with van der Waals surface area (Å²) < 4.78 is 10.2. The molecule has 0 spiro atoms. The second kappa shape index (κ2) is 13.5. The molecule has 0 saturated heterocycles. The Bertz CT molecular complexity index is 901. The van der Waals surface area contributed by atoms with Gasteiger partial charge in [-0.25, -0.2) is 0 Å². The van der Waals surface area contributed by atoms with Gasteiger partial charge in [0.2, 0.25) is 0 Å². The summed E-state index contributed by atoms with van der Waals surface area (Å²) in [7, 11) is 3.18. The number of benzene rings is 2. The summed E-state index contributed by atoms with van der Waals surface area (Å²) >= 11 is 0. The number of nitrogens with zero attached hydrogens (tertiary/aromatic N) is 2. The van der Waals surface area contributed by atoms with Gasteiger partial charge in [0, 0.05) is 12.4 Å². The van der Waals surface area contributed by atoms with Gasteiger partial charge in [-0.1, -0.05) is 49.3 Å². The number of hydrogen-bond acceptors (Lipinski definition) is 6. The molecule has 2 aromatic rings. The average Bonchev–Trinajstić information content (AvgIpc) is 2.85. The topological polar surface area (TPSA) is 89.3 Å². The fraction of sp³-hybridized carbons (Fsp3) is 0.308. The average molecular weight is 491 g/mol. The Kier molecular flexibility index (Phi) is 10.7. The zero-order valence-electron chi connectivity index (χ0n) is 18.8. The van der Waals surface area contributed by atoms with E-state index in [-0.39, 0.29) is 40.1 Å². The molecule has 0 bridgehead atoms. The summed E-state index contributed by atoms with van der Waals surface area (Å²) in [6.45, 7) is 0. The number of hydrogen-bond donors (Lipinski definition) is 0. The first kappa shape index (κ1) is 26.2. The van der Waals surface area contributed by atoms with Gasteiger partial charge in [0.15, 0.2) is 0 Å². The van der Waals surface area contributed by atoms with Gasteiger partial charge in [0.1, 0.15) is 11.5 Å². The molecule has 1 fully saturated rings. The van der Waals surface area contributed by atoms with Crippen molar-refractivity contribution >= 4 is 23.9 Å². The molecule has 2 aromatic carbocycles. The molecule has 0 heterocycles. The molecule has 0 unspecified atom stereocenters. The van der Waals surface area contributed by atoms with E-state index < -0.39 is 0 Å². The molecule has 33 heavy (non-hydrogen) atoms. The van der Waals surface area contributed by atoms with E-state index in [1.807, 2.05) is 0 Å². The maximum Gasteiger partial charge on any atom is 2.00 e. The molecule has 6 nitrogen and oxygen atoms in total. The molecule has 1 aliphatic rings. The summed E-state index contributed by atoms with van der Waals surface area (Å²) in [5, 5.41) is 24.6. The van der Waals surface area contributed by atoms with Crippen molar-refractivity contribution in [3.05, 3.63) is 71.8 Å². The molecule has 0 aromatic heterocycles. The molecular weight excluding hydrogens is 463 g/mol. The van der Waals surface area contributed by atoms with Gasteiger partial charge in [0.05, 0.1) is 26.3 Å². The van der Waals surface area contributed by atoms with E-state index in [2.05, 4.69) is 9.98 Å². The minimum atomic E-state index is -0.106. The first-order valence-corrected chi connectivity index (χ1v) is 10.7. The van der Waals surface area contributed by atoms with Crippen molar-refractivity contribution in [1.29, 1.82) is 0 Å². The zero-order valence-corrected chi connectivity index (χ0v) is 19.7. The van der Waals surface area contributed by atoms with Crippen LogP contribution in [-0.4, -0.2) is 38.7 Å². The Morgan fingerprint density at radius 2 is 1.09 bits per heavy atom. The van der Waals surface area contributed by atoms with Gasteiger partial charge in [-0.15, -0.1) is 11.5 Å². The van der Waals surface area contributed by atoms with Crippen LogP contribution in [0, 0.1) is 0 Å². The third kappa shape index (κ3) is 7.79. The monoisotopic (exact) mass is 490 g/mol. The second-order valence-electron chi connectivity index (χ2n) is 7.53. The molecule has 0 amide bonds. The van der Waals surface area contributed by atoms with Crippen LogP contribution in [0.25, 0.3) is 11.5 Å². The summed E-state index contributed by atoms with van der Waals surface area (Å²) in [6.07, 6.45) is 10.1. The normalized spacial score (nSPS) is 19.5. The summed E-state index contributed by atoms with van der Waals surface area (Å²) in [6, 6.07) is 14.0. The van der Waals surface area contributed by atoms with Crippen molar-refractivity contribution in [3.63, 3.8) is 0 Å². The van der Waals surface area contributed by atoms with Crippen LogP contribution >= 0.6 is 0 Å². The van der Waals surface area contributed by atoms with Crippen LogP contribution in [0.5, 0.6) is 11.5 Å². The number of aliphatic imine (C=N–C) groups is 2. The quantitative estimate of drug-likeness (QED) is 0.322. The van der Waals surface area contributed by atoms with Crippen LogP contribution in [0.15, 0.2) is 70.7 Å². The van der Waals surface area contributed by atoms with E-state index in [1.165, 1.54) is 12.2 Å². The Morgan fingerprint density at radius 1 is 0.727 bits per heavy atom. The molecule has 1 saturated carbocycles. The first-order chi connectivity index (χ1) is 15.6. The van der Waals surface area contributed by atoms with Crippen LogP contribution in [-0.2, 0) is 16.5 Å². The molecule has 176 valence electrons. The molecule has 0 N–H and O–H groups in total. The number of methoxy groups -OCH3 is 2. The summed E-state index contributed by atoms with van der Waals surface area (Å²) in [5.74, 6) is 1.21. The summed E-state index contributed by atoms with van der Waals surface area (Å²) in [4.78, 5) is 9.17. The Labute approximate surface area is 205 Å². The van der Waals surface area contributed by atoms with E-state index in [0.717, 1.165) is 25.7 Å². The molecule has 0 aliphatic heterocycles. The fourth-order valence-corrected chi connectivity index (χ4v) is 3.59. The first-order valence-electron chi connectivity index (χ1n) is 10.7. The van der Waals surface area contributed by atoms with E-state index in [9.17, 15) is 10.2 Å². The molecule has 3 rings (SSSR count). The maximum atomic E-state index is 12.3. The smallest absolute Gasteiger partial charge is 0.872 e. The Hall–Kier alpha value is -3.05. The predicted molar refractivity (Wildman–Crippen MR) is 125 cm³/mol. The molecule has 0 radical (unpaired) electrons. The minimum absolute atomic E-state index is 0. The van der Waals surface area contributed by atoms with Crippen molar-refractivity contribution in [2.24, 2.45) is 9.98 Å². The molecule has 7 heteroatoms. The summed E-state index contributed by atoms with van der Waals surface area (Å²) in [5.41, 5.74) is 1.17. The number of ether oxygens (including phenoxy) is 2. The second-order valence-corrected chi connectivity index (χ2v) is 7.53. The van der Waals surface area contributed by atoms with Crippen molar-refractivity contribution in [1.82, 2.24) is 0 Å². The molecule has 1 aliphatic carbocycles. The van der Waals surface area contributed by atoms with Crippen molar-refractivity contribution < 1.29 is 36.2 Å². The Balaban J connectivity index is 0.00000385. The predicted octanol–water partition coefficient (Wildman–Crippen LogP) is 3.26. The molecular formula is C26H28N2NiO4. The third-order valence-electron chi connectivity index (χ3n) is 5.45. The zero-order chi connectivity index (χ0) is 22.8. The van der Waals surface area contributed by atoms with E-state index in [1.54, 1.807) is 75.2 Å². The van der Waals surface area contributed by atoms with Crippen molar-refractivity contribution in [2.45, 2.75) is 37.8 Å². The van der Waals surface area contributed by atoms with Gasteiger partial charge in [0.25, 0.3) is 0 Å². The van der Waals surface area contributed by atoms with E-state index in [4.69, 9.17) is 9.47 Å². The van der Waals surface area contributed by atoms with E-state index in [0.29, 0.717) is 22.6 Å².